The lowest BCUT2D eigenvalue weighted by molar-refractivity contribution is 0.00578. The number of ether oxygens (including phenoxy) is 1. The molecule has 1 unspecified atom stereocenters. The van der Waals surface area contributed by atoms with Gasteiger partial charge in [-0.3, -0.25) is 4.79 Å². The van der Waals surface area contributed by atoms with Gasteiger partial charge in [0, 0.05) is 41.9 Å². The number of fused-ring (bicyclic) bond motifs is 1. The van der Waals surface area contributed by atoms with E-state index in [2.05, 4.69) is 5.32 Å². The number of hydrogen-bond donors (Lipinski definition) is 1. The summed E-state index contributed by atoms with van der Waals surface area (Å²) in [5, 5.41) is 4.07. The normalized spacial score (nSPS) is 20.4. The average Bonchev–Trinajstić information content (AvgIpc) is 3.07. The van der Waals surface area contributed by atoms with Crippen LogP contribution >= 0.6 is 0 Å². The third-order valence-corrected chi connectivity index (χ3v) is 8.00. The summed E-state index contributed by atoms with van der Waals surface area (Å²) in [4.78, 5) is 13.1. The van der Waals surface area contributed by atoms with Crippen LogP contribution in [0.4, 0.5) is 10.1 Å². The Labute approximate surface area is 217 Å². The summed E-state index contributed by atoms with van der Waals surface area (Å²) in [6.45, 7) is 13.2. The summed E-state index contributed by atoms with van der Waals surface area (Å²) in [7, 11) is -0.720. The Kier molecular flexibility index (Phi) is 6.71. The first-order valence-corrected chi connectivity index (χ1v) is 13.0. The number of nitrogens with one attached hydrogen (secondary N) is 1. The predicted octanol–water partition coefficient (Wildman–Crippen LogP) is 5.61. The molecule has 37 heavy (non-hydrogen) atoms. The zero-order valence-electron chi connectivity index (χ0n) is 22.4. The van der Waals surface area contributed by atoms with E-state index in [1.54, 1.807) is 12.1 Å². The van der Waals surface area contributed by atoms with E-state index in [4.69, 9.17) is 18.5 Å². The van der Waals surface area contributed by atoms with E-state index in [0.717, 1.165) is 24.0 Å². The van der Waals surface area contributed by atoms with Crippen LogP contribution in [0.1, 0.15) is 76.3 Å². The van der Waals surface area contributed by atoms with Crippen molar-refractivity contribution in [3.05, 3.63) is 69.3 Å². The molecule has 1 aromatic heterocycles. The number of benzene rings is 2. The highest BCUT2D eigenvalue weighted by Crippen LogP contribution is 2.38. The van der Waals surface area contributed by atoms with Crippen LogP contribution in [0.3, 0.4) is 0 Å². The van der Waals surface area contributed by atoms with Gasteiger partial charge >= 0.3 is 7.12 Å². The Hall–Kier alpha value is -2.68. The topological polar surface area (TPSA) is 69.9 Å². The maximum atomic E-state index is 14.4. The van der Waals surface area contributed by atoms with Gasteiger partial charge < -0.3 is 23.8 Å². The fourth-order valence-electron chi connectivity index (χ4n) is 5.10. The van der Waals surface area contributed by atoms with Crippen molar-refractivity contribution in [2.45, 2.75) is 77.5 Å². The molecule has 0 aliphatic carbocycles. The number of halogens is 1. The van der Waals surface area contributed by atoms with Gasteiger partial charge in [0.25, 0.3) is 0 Å². The van der Waals surface area contributed by atoms with Gasteiger partial charge in [-0.1, -0.05) is 6.07 Å². The number of hydrogen-bond acceptors (Lipinski definition) is 6. The summed E-state index contributed by atoms with van der Waals surface area (Å²) in [6, 6.07) is 9.87. The molecule has 0 saturated carbocycles. The maximum absolute atomic E-state index is 14.4. The Bertz CT molecular complexity index is 1360. The van der Waals surface area contributed by atoms with Crippen LogP contribution < -0.4 is 16.2 Å². The van der Waals surface area contributed by atoms with Gasteiger partial charge in [0.05, 0.1) is 22.6 Å². The van der Waals surface area contributed by atoms with Crippen LogP contribution in [-0.2, 0) is 14.0 Å². The molecule has 0 radical (unpaired) electrons. The second kappa shape index (κ2) is 9.57. The molecule has 2 fully saturated rings. The first-order chi connectivity index (χ1) is 17.4. The number of aryl methyl sites for hydroxylation is 1. The monoisotopic (exact) mass is 507 g/mol. The molecule has 0 amide bonds. The van der Waals surface area contributed by atoms with Crippen LogP contribution in [0.5, 0.6) is 0 Å². The highest BCUT2D eigenvalue weighted by molar-refractivity contribution is 6.64. The molecule has 1 N–H and O–H groups in total. The minimum atomic E-state index is -0.720. The summed E-state index contributed by atoms with van der Waals surface area (Å²) in [5.74, 6) is 0.504. The largest absolute Gasteiger partial charge is 0.497 e. The van der Waals surface area contributed by atoms with Crippen LogP contribution in [0.15, 0.2) is 45.6 Å². The second-order valence-electron chi connectivity index (χ2n) is 11.3. The predicted molar refractivity (Wildman–Crippen MR) is 144 cm³/mol. The average molecular weight is 507 g/mol. The zero-order chi connectivity index (χ0) is 26.5. The first kappa shape index (κ1) is 26.0. The molecule has 2 aliphatic heterocycles. The van der Waals surface area contributed by atoms with Gasteiger partial charge in [-0.05, 0) is 84.2 Å². The molecule has 3 heterocycles. The van der Waals surface area contributed by atoms with E-state index < -0.39 is 18.3 Å². The van der Waals surface area contributed by atoms with Gasteiger partial charge in [-0.2, -0.15) is 0 Å². The van der Waals surface area contributed by atoms with Crippen molar-refractivity contribution < 1.29 is 22.9 Å². The molecule has 6 nitrogen and oxygen atoms in total. The van der Waals surface area contributed by atoms with Crippen molar-refractivity contribution in [3.8, 4) is 0 Å². The Balaban J connectivity index is 1.53. The van der Waals surface area contributed by atoms with Gasteiger partial charge in [-0.15, -0.1) is 0 Å². The van der Waals surface area contributed by atoms with Crippen LogP contribution in [0, 0.1) is 12.7 Å². The summed E-state index contributed by atoms with van der Waals surface area (Å²) in [5.41, 5.74) is 2.56. The number of rotatable bonds is 5. The van der Waals surface area contributed by atoms with Crippen LogP contribution in [0.2, 0.25) is 0 Å². The van der Waals surface area contributed by atoms with Crippen molar-refractivity contribution in [2.75, 3.05) is 18.5 Å². The molecule has 196 valence electrons. The smallest absolute Gasteiger partial charge is 0.460 e. The Morgan fingerprint density at radius 3 is 2.38 bits per heavy atom. The maximum Gasteiger partial charge on any atom is 0.497 e. The lowest BCUT2D eigenvalue weighted by Crippen LogP contribution is -2.41. The Morgan fingerprint density at radius 1 is 1.03 bits per heavy atom. The highest BCUT2D eigenvalue weighted by Gasteiger charge is 2.52. The van der Waals surface area contributed by atoms with E-state index >= 15 is 0 Å². The molecular weight excluding hydrogens is 472 g/mol. The molecule has 0 spiro atoms. The fraction of sp³-hybridized carbons (Fsp3) is 0.483. The van der Waals surface area contributed by atoms with E-state index in [-0.39, 0.29) is 23.2 Å². The van der Waals surface area contributed by atoms with E-state index in [1.807, 2.05) is 53.7 Å². The van der Waals surface area contributed by atoms with Crippen LogP contribution in [0.25, 0.3) is 11.0 Å². The minimum Gasteiger partial charge on any atom is -0.460 e. The summed E-state index contributed by atoms with van der Waals surface area (Å²) < 4.78 is 38.7. The lowest BCUT2D eigenvalue weighted by atomic mass is 9.77. The quantitative estimate of drug-likeness (QED) is 0.453. The zero-order valence-corrected chi connectivity index (χ0v) is 22.4. The molecule has 3 aromatic rings. The third-order valence-electron chi connectivity index (χ3n) is 8.00. The molecule has 1 atom stereocenters. The third kappa shape index (κ3) is 4.94. The van der Waals surface area contributed by atoms with E-state index in [0.29, 0.717) is 41.1 Å². The van der Waals surface area contributed by atoms with Crippen molar-refractivity contribution >= 4 is 29.2 Å². The van der Waals surface area contributed by atoms with Gasteiger partial charge in [-0.25, -0.2) is 4.39 Å². The fourth-order valence-corrected chi connectivity index (χ4v) is 5.10. The van der Waals surface area contributed by atoms with Gasteiger partial charge in [0.1, 0.15) is 17.2 Å². The van der Waals surface area contributed by atoms with Crippen molar-refractivity contribution in [1.29, 1.82) is 0 Å². The molecule has 8 heteroatoms. The molecule has 2 saturated heterocycles. The second-order valence-corrected chi connectivity index (χ2v) is 11.3. The Morgan fingerprint density at radius 2 is 1.70 bits per heavy atom. The van der Waals surface area contributed by atoms with Crippen molar-refractivity contribution in [2.24, 2.45) is 0 Å². The summed E-state index contributed by atoms with van der Waals surface area (Å²) >= 11 is 0. The molecule has 0 bridgehead atoms. The van der Waals surface area contributed by atoms with E-state index in [1.165, 1.54) is 12.1 Å². The standard InChI is InChI=1S/C29H35BFNO5/c1-17-13-21(27-22(14-17)25(33)16-26(35-27)19-9-11-34-12-10-19)18(2)32-24-8-7-20(31)15-23(24)30-36-28(3,4)29(5,6)37-30/h7-8,13-16,18-19,32H,9-12H2,1-6H3. The molecular formula is C29H35BFNO5. The first-order valence-electron chi connectivity index (χ1n) is 13.0. The number of anilines is 1. The van der Waals surface area contributed by atoms with Crippen molar-refractivity contribution in [3.63, 3.8) is 0 Å². The molecule has 5 rings (SSSR count). The molecule has 2 aromatic carbocycles. The highest BCUT2D eigenvalue weighted by atomic mass is 19.1. The molecule has 2 aliphatic rings. The van der Waals surface area contributed by atoms with Gasteiger partial charge in [0.15, 0.2) is 5.43 Å². The SMILES string of the molecule is Cc1cc(C(C)Nc2ccc(F)cc2B2OC(C)(C)C(C)(C)O2)c2oc(C3CCOCC3)cc(=O)c2c1. The van der Waals surface area contributed by atoms with Crippen LogP contribution in [-0.4, -0.2) is 31.5 Å². The van der Waals surface area contributed by atoms with Gasteiger partial charge in [0.2, 0.25) is 0 Å². The van der Waals surface area contributed by atoms with E-state index in [9.17, 15) is 9.18 Å². The van der Waals surface area contributed by atoms with Crippen molar-refractivity contribution in [1.82, 2.24) is 0 Å². The lowest BCUT2D eigenvalue weighted by Gasteiger charge is -2.32. The summed E-state index contributed by atoms with van der Waals surface area (Å²) in [6.07, 6.45) is 1.66. The minimum absolute atomic E-state index is 0.0421.